The molecule has 0 aromatic carbocycles. The molecule has 0 aliphatic carbocycles. The van der Waals surface area contributed by atoms with Crippen LogP contribution >= 0.6 is 0 Å². The summed E-state index contributed by atoms with van der Waals surface area (Å²) in [7, 11) is 1.83. The van der Waals surface area contributed by atoms with Gasteiger partial charge in [0.1, 0.15) is 0 Å². The highest BCUT2D eigenvalue weighted by molar-refractivity contribution is 5.85. The molecule has 2 rings (SSSR count). The fraction of sp³-hybridized carbons (Fsp3) is 0.692. The molecule has 1 saturated heterocycles. The highest BCUT2D eigenvalue weighted by Crippen LogP contribution is 2.26. The molecular formula is C13H22N4O. The van der Waals surface area contributed by atoms with E-state index in [1.54, 1.807) is 6.20 Å². The zero-order chi connectivity index (χ0) is 13.2. The molecule has 1 amide bonds. The zero-order valence-corrected chi connectivity index (χ0v) is 11.4. The van der Waals surface area contributed by atoms with Gasteiger partial charge in [-0.05, 0) is 39.8 Å². The minimum absolute atomic E-state index is 0.175. The lowest BCUT2D eigenvalue weighted by atomic mass is 9.93. The summed E-state index contributed by atoms with van der Waals surface area (Å²) < 4.78 is 0. The van der Waals surface area contributed by atoms with E-state index in [-0.39, 0.29) is 5.91 Å². The van der Waals surface area contributed by atoms with Crippen LogP contribution in [0.5, 0.6) is 0 Å². The molecule has 0 spiro atoms. The van der Waals surface area contributed by atoms with Gasteiger partial charge in [0.05, 0.1) is 5.54 Å². The van der Waals surface area contributed by atoms with Gasteiger partial charge in [-0.25, -0.2) is 0 Å². The van der Waals surface area contributed by atoms with Gasteiger partial charge >= 0.3 is 0 Å². The average Bonchev–Trinajstić information content (AvgIpc) is 2.92. The van der Waals surface area contributed by atoms with Gasteiger partial charge < -0.3 is 10.2 Å². The third-order valence-electron chi connectivity index (χ3n) is 3.83. The molecule has 1 aromatic heterocycles. The molecule has 2 heterocycles. The Morgan fingerprint density at radius 2 is 2.39 bits per heavy atom. The molecule has 1 fully saturated rings. The number of carbonyl (C=O) groups excluding carboxylic acids is 1. The van der Waals surface area contributed by atoms with Crippen molar-refractivity contribution >= 4 is 5.91 Å². The lowest BCUT2D eigenvalue weighted by Gasteiger charge is -2.37. The predicted molar refractivity (Wildman–Crippen MR) is 70.3 cm³/mol. The number of hydrogen-bond acceptors (Lipinski definition) is 3. The Morgan fingerprint density at radius 3 is 3.00 bits per heavy atom. The first-order valence-corrected chi connectivity index (χ1v) is 6.52. The molecular weight excluding hydrogens is 228 g/mol. The van der Waals surface area contributed by atoms with Crippen molar-refractivity contribution < 1.29 is 4.79 Å². The van der Waals surface area contributed by atoms with Crippen molar-refractivity contribution in [3.63, 3.8) is 0 Å². The van der Waals surface area contributed by atoms with E-state index in [2.05, 4.69) is 15.5 Å². The Hall–Kier alpha value is -1.36. The molecule has 18 heavy (non-hydrogen) atoms. The number of H-pyrrole nitrogens is 1. The molecule has 1 unspecified atom stereocenters. The van der Waals surface area contributed by atoms with Gasteiger partial charge in [-0.3, -0.25) is 9.89 Å². The Bertz CT molecular complexity index is 399. The van der Waals surface area contributed by atoms with Crippen molar-refractivity contribution in [2.75, 3.05) is 20.1 Å². The van der Waals surface area contributed by atoms with Crippen LogP contribution in [0.3, 0.4) is 0 Å². The Labute approximate surface area is 108 Å². The normalized spacial score (nSPS) is 21.1. The van der Waals surface area contributed by atoms with Crippen molar-refractivity contribution in [2.24, 2.45) is 0 Å². The van der Waals surface area contributed by atoms with Gasteiger partial charge in [0.2, 0.25) is 5.91 Å². The molecule has 1 aliphatic heterocycles. The fourth-order valence-corrected chi connectivity index (χ4v) is 2.41. The number of nitrogens with zero attached hydrogens (tertiary/aromatic N) is 2. The van der Waals surface area contributed by atoms with E-state index in [9.17, 15) is 4.79 Å². The summed E-state index contributed by atoms with van der Waals surface area (Å²) in [6.07, 6.45) is 3.94. The van der Waals surface area contributed by atoms with Crippen LogP contribution in [0.25, 0.3) is 0 Å². The molecule has 0 radical (unpaired) electrons. The number of likely N-dealkylation sites (N-methyl/N-ethyl adjacent to an activating group) is 1. The topological polar surface area (TPSA) is 61.0 Å². The number of hydrogen-bond donors (Lipinski definition) is 2. The van der Waals surface area contributed by atoms with Crippen LogP contribution in [-0.2, 0) is 4.79 Å². The lowest BCUT2D eigenvalue weighted by Crippen LogP contribution is -2.54. The largest absolute Gasteiger partial charge is 0.340 e. The standard InChI is InChI=1S/C13H22N4O/c1-13(2,14-3)12(18)17-8-4-5-10(9-17)11-6-7-15-16-11/h6-7,10,14H,4-5,8-9H2,1-3H3,(H,15,16). The first-order chi connectivity index (χ1) is 8.54. The summed E-state index contributed by atoms with van der Waals surface area (Å²) in [6.45, 7) is 5.49. The summed E-state index contributed by atoms with van der Waals surface area (Å²) in [6, 6.07) is 2.00. The van der Waals surface area contributed by atoms with Crippen LogP contribution in [0.15, 0.2) is 12.3 Å². The smallest absolute Gasteiger partial charge is 0.242 e. The maximum Gasteiger partial charge on any atom is 0.242 e. The molecule has 5 nitrogen and oxygen atoms in total. The third-order valence-corrected chi connectivity index (χ3v) is 3.83. The summed E-state index contributed by atoms with van der Waals surface area (Å²) in [5.74, 6) is 0.562. The molecule has 0 bridgehead atoms. The van der Waals surface area contributed by atoms with Crippen LogP contribution in [0, 0.1) is 0 Å². The molecule has 1 aromatic rings. The average molecular weight is 250 g/mol. The zero-order valence-electron chi connectivity index (χ0n) is 11.4. The van der Waals surface area contributed by atoms with Crippen molar-refractivity contribution in [1.29, 1.82) is 0 Å². The SMILES string of the molecule is CNC(C)(C)C(=O)N1CCCC(c2ccn[nH]2)C1. The van der Waals surface area contributed by atoms with Gasteiger partial charge in [0, 0.05) is 30.9 Å². The number of amides is 1. The second kappa shape index (κ2) is 5.10. The first-order valence-electron chi connectivity index (χ1n) is 6.52. The summed E-state index contributed by atoms with van der Waals surface area (Å²) >= 11 is 0. The summed E-state index contributed by atoms with van der Waals surface area (Å²) in [5.41, 5.74) is 0.644. The lowest BCUT2D eigenvalue weighted by molar-refractivity contribution is -0.138. The quantitative estimate of drug-likeness (QED) is 0.845. The number of likely N-dealkylation sites (tertiary alicyclic amines) is 1. The summed E-state index contributed by atoms with van der Waals surface area (Å²) in [5, 5.41) is 10.1. The maximum absolute atomic E-state index is 12.4. The predicted octanol–water partition coefficient (Wildman–Crippen LogP) is 1.11. The number of aromatic amines is 1. The third kappa shape index (κ3) is 2.56. The molecule has 1 atom stereocenters. The van der Waals surface area contributed by atoms with Crippen LogP contribution in [0.2, 0.25) is 0 Å². The minimum atomic E-state index is -0.490. The van der Waals surface area contributed by atoms with Crippen molar-refractivity contribution in [1.82, 2.24) is 20.4 Å². The van der Waals surface area contributed by atoms with Crippen LogP contribution in [-0.4, -0.2) is 46.7 Å². The Balaban J connectivity index is 2.05. The van der Waals surface area contributed by atoms with Crippen molar-refractivity contribution in [2.45, 2.75) is 38.1 Å². The van der Waals surface area contributed by atoms with Crippen LogP contribution in [0.1, 0.15) is 38.3 Å². The van der Waals surface area contributed by atoms with Crippen molar-refractivity contribution in [3.05, 3.63) is 18.0 Å². The van der Waals surface area contributed by atoms with Gasteiger partial charge in [0.25, 0.3) is 0 Å². The Morgan fingerprint density at radius 1 is 1.61 bits per heavy atom. The minimum Gasteiger partial charge on any atom is -0.340 e. The highest BCUT2D eigenvalue weighted by Gasteiger charge is 2.33. The van der Waals surface area contributed by atoms with E-state index in [4.69, 9.17) is 0 Å². The number of aromatic nitrogens is 2. The van der Waals surface area contributed by atoms with E-state index < -0.39 is 5.54 Å². The molecule has 2 N–H and O–H groups in total. The first kappa shape index (κ1) is 13.1. The van der Waals surface area contributed by atoms with Crippen LogP contribution < -0.4 is 5.32 Å². The van der Waals surface area contributed by atoms with E-state index >= 15 is 0 Å². The number of nitrogens with one attached hydrogen (secondary N) is 2. The van der Waals surface area contributed by atoms with Gasteiger partial charge in [-0.1, -0.05) is 0 Å². The van der Waals surface area contributed by atoms with E-state index in [1.807, 2.05) is 31.9 Å². The van der Waals surface area contributed by atoms with Crippen molar-refractivity contribution in [3.8, 4) is 0 Å². The molecule has 1 aliphatic rings. The summed E-state index contributed by atoms with van der Waals surface area (Å²) in [4.78, 5) is 14.4. The van der Waals surface area contributed by atoms with Gasteiger partial charge in [-0.2, -0.15) is 5.10 Å². The Kier molecular flexibility index (Phi) is 3.71. The van der Waals surface area contributed by atoms with Gasteiger partial charge in [-0.15, -0.1) is 0 Å². The maximum atomic E-state index is 12.4. The second-order valence-electron chi connectivity index (χ2n) is 5.48. The second-order valence-corrected chi connectivity index (χ2v) is 5.48. The molecule has 100 valence electrons. The van der Waals surface area contributed by atoms with E-state index in [0.717, 1.165) is 31.6 Å². The fourth-order valence-electron chi connectivity index (χ4n) is 2.41. The van der Waals surface area contributed by atoms with Crippen LogP contribution in [0.4, 0.5) is 0 Å². The highest BCUT2D eigenvalue weighted by atomic mass is 16.2. The number of rotatable bonds is 3. The van der Waals surface area contributed by atoms with E-state index in [1.165, 1.54) is 0 Å². The molecule has 5 heteroatoms. The number of piperidine rings is 1. The molecule has 0 saturated carbocycles. The number of carbonyl (C=O) groups is 1. The van der Waals surface area contributed by atoms with E-state index in [0.29, 0.717) is 5.92 Å². The monoisotopic (exact) mass is 250 g/mol. The van der Waals surface area contributed by atoms with Gasteiger partial charge in [0.15, 0.2) is 0 Å².